The summed E-state index contributed by atoms with van der Waals surface area (Å²) in [4.78, 5) is 26.6. The van der Waals surface area contributed by atoms with Crippen LogP contribution in [0.4, 0.5) is 8.78 Å². The second kappa shape index (κ2) is 13.2. The van der Waals surface area contributed by atoms with Crippen molar-refractivity contribution in [1.29, 1.82) is 5.26 Å². The Labute approximate surface area is 281 Å². The van der Waals surface area contributed by atoms with E-state index in [1.807, 2.05) is 24.0 Å². The molecule has 0 atom stereocenters. The molecule has 5 heterocycles. The number of halogens is 2. The largest absolute Gasteiger partial charge is 0.396 e. The van der Waals surface area contributed by atoms with Gasteiger partial charge in [0, 0.05) is 48.5 Å². The van der Waals surface area contributed by atoms with Crippen LogP contribution >= 0.6 is 11.3 Å². The number of rotatable bonds is 8. The number of benzene rings is 2. The van der Waals surface area contributed by atoms with Crippen molar-refractivity contribution in [2.75, 3.05) is 39.3 Å². The molecule has 5 aromatic rings. The van der Waals surface area contributed by atoms with E-state index in [2.05, 4.69) is 32.6 Å². The molecule has 3 aromatic heterocycles. The fourth-order valence-electron chi connectivity index (χ4n) is 6.91. The normalized spacial score (nSPS) is 16.0. The summed E-state index contributed by atoms with van der Waals surface area (Å²) >= 11 is 1.12. The Morgan fingerprint density at radius 1 is 1.04 bits per heavy atom. The van der Waals surface area contributed by atoms with Crippen molar-refractivity contribution in [1.82, 2.24) is 24.2 Å². The van der Waals surface area contributed by atoms with Crippen LogP contribution in [-0.4, -0.2) is 74.5 Å². The molecule has 2 aliphatic rings. The molecule has 2 saturated heterocycles. The van der Waals surface area contributed by atoms with E-state index in [-0.39, 0.29) is 24.2 Å². The van der Waals surface area contributed by atoms with Crippen LogP contribution in [0, 0.1) is 35.8 Å². The van der Waals surface area contributed by atoms with E-state index >= 15 is 4.39 Å². The predicted octanol–water partition coefficient (Wildman–Crippen LogP) is 6.44. The fraction of sp³-hybridized carbons (Fsp3) is 0.351. The molecular weight excluding hydrogens is 631 g/mol. The number of hydrogen-bond donors (Lipinski definition) is 1. The van der Waals surface area contributed by atoms with Crippen LogP contribution in [0.5, 0.6) is 0 Å². The molecule has 1 N–H and O–H groups in total. The van der Waals surface area contributed by atoms with Gasteiger partial charge >= 0.3 is 0 Å². The first-order valence-corrected chi connectivity index (χ1v) is 17.2. The first kappa shape index (κ1) is 32.1. The van der Waals surface area contributed by atoms with E-state index in [0.29, 0.717) is 64.2 Å². The van der Waals surface area contributed by atoms with Crippen molar-refractivity contribution < 1.29 is 18.7 Å². The molecule has 246 valence electrons. The molecule has 1 amide bonds. The van der Waals surface area contributed by atoms with E-state index in [1.165, 1.54) is 17.7 Å². The number of fused-ring (bicyclic) bond motifs is 1. The number of thiazole rings is 1. The number of piperidine rings is 1. The van der Waals surface area contributed by atoms with Crippen LogP contribution in [0.25, 0.3) is 38.7 Å². The first-order chi connectivity index (χ1) is 23.3. The summed E-state index contributed by atoms with van der Waals surface area (Å²) < 4.78 is 31.9. The summed E-state index contributed by atoms with van der Waals surface area (Å²) in [6, 6.07) is 15.7. The standard InChI is InChI=1S/C37H36F2N6O2S/c1-3-30-36(28-9-10-29(34(39)22(28)2)37-42-35(31(16-40)48-37)25-4-7-27(38)8-5-25)45-19-26(6-11-32(45)41-30)24-12-14-43(15-13-24)20-33(47)44-17-23(18-44)21-46/h4-11,19,23-24,46H,3,12-15,17-18,20-21H2,1-2H3. The van der Waals surface area contributed by atoms with Gasteiger partial charge in [-0.1, -0.05) is 19.1 Å². The summed E-state index contributed by atoms with van der Waals surface area (Å²) in [5.74, 6) is -0.107. The van der Waals surface area contributed by atoms with Crippen molar-refractivity contribution in [3.05, 3.63) is 88.1 Å². The Morgan fingerprint density at radius 2 is 1.77 bits per heavy atom. The zero-order valence-corrected chi connectivity index (χ0v) is 27.7. The maximum atomic E-state index is 16.2. The van der Waals surface area contributed by atoms with Crippen LogP contribution in [0.15, 0.2) is 54.7 Å². The quantitative estimate of drug-likeness (QED) is 0.205. The van der Waals surface area contributed by atoms with Gasteiger partial charge in [0.05, 0.1) is 23.6 Å². The minimum Gasteiger partial charge on any atom is -0.396 e. The average molecular weight is 667 g/mol. The van der Waals surface area contributed by atoms with E-state index < -0.39 is 5.82 Å². The summed E-state index contributed by atoms with van der Waals surface area (Å²) in [7, 11) is 0. The topological polar surface area (TPSA) is 97.8 Å². The smallest absolute Gasteiger partial charge is 0.236 e. The van der Waals surface area contributed by atoms with E-state index in [1.54, 1.807) is 25.1 Å². The molecular formula is C37H36F2N6O2S. The maximum Gasteiger partial charge on any atom is 0.236 e. The Balaban J connectivity index is 1.15. The summed E-state index contributed by atoms with van der Waals surface area (Å²) in [5.41, 5.74) is 6.27. The van der Waals surface area contributed by atoms with E-state index in [4.69, 9.17) is 4.98 Å². The minimum absolute atomic E-state index is 0.134. The highest BCUT2D eigenvalue weighted by atomic mass is 32.1. The Hall–Kier alpha value is -4.50. The molecule has 11 heteroatoms. The molecule has 8 nitrogen and oxygen atoms in total. The molecule has 0 spiro atoms. The fourth-order valence-corrected chi connectivity index (χ4v) is 7.81. The zero-order valence-electron chi connectivity index (χ0n) is 26.9. The lowest BCUT2D eigenvalue weighted by molar-refractivity contribution is -0.139. The molecule has 2 fully saturated rings. The van der Waals surface area contributed by atoms with Crippen molar-refractivity contribution in [2.45, 2.75) is 39.0 Å². The van der Waals surface area contributed by atoms with Crippen molar-refractivity contribution in [2.24, 2.45) is 5.92 Å². The average Bonchev–Trinajstić information content (AvgIpc) is 3.67. The van der Waals surface area contributed by atoms with Gasteiger partial charge in [-0.05, 0) is 92.7 Å². The number of aromatic nitrogens is 3. The summed E-state index contributed by atoms with van der Waals surface area (Å²) in [5, 5.41) is 19.4. The number of aliphatic hydroxyl groups excluding tert-OH is 1. The number of likely N-dealkylation sites (tertiary alicyclic amines) is 2. The molecule has 0 unspecified atom stereocenters. The van der Waals surface area contributed by atoms with Gasteiger partial charge in [0.2, 0.25) is 5.91 Å². The van der Waals surface area contributed by atoms with Gasteiger partial charge in [0.15, 0.2) is 0 Å². The third-order valence-electron chi connectivity index (χ3n) is 9.75. The number of amides is 1. The number of nitrogens with zero attached hydrogens (tertiary/aromatic N) is 6. The molecule has 0 aliphatic carbocycles. The molecule has 48 heavy (non-hydrogen) atoms. The van der Waals surface area contributed by atoms with Gasteiger partial charge in [-0.15, -0.1) is 11.3 Å². The highest BCUT2D eigenvalue weighted by molar-refractivity contribution is 7.16. The second-order valence-electron chi connectivity index (χ2n) is 12.8. The third-order valence-corrected chi connectivity index (χ3v) is 10.7. The maximum absolute atomic E-state index is 16.2. The van der Waals surface area contributed by atoms with Crippen LogP contribution in [0.3, 0.4) is 0 Å². The molecule has 0 saturated carbocycles. The zero-order chi connectivity index (χ0) is 33.5. The number of imidazole rings is 1. The molecule has 7 rings (SSSR count). The number of nitriles is 1. The molecule has 0 radical (unpaired) electrons. The van der Waals surface area contributed by atoms with Crippen LogP contribution in [-0.2, 0) is 11.2 Å². The third kappa shape index (κ3) is 5.89. The number of carbonyl (C=O) groups is 1. The Kier molecular flexibility index (Phi) is 8.81. The molecule has 2 aromatic carbocycles. The van der Waals surface area contributed by atoms with E-state index in [9.17, 15) is 19.6 Å². The van der Waals surface area contributed by atoms with Gasteiger partial charge in [-0.25, -0.2) is 18.7 Å². The van der Waals surface area contributed by atoms with Crippen molar-refractivity contribution in [3.8, 4) is 39.2 Å². The summed E-state index contributed by atoms with van der Waals surface area (Å²) in [6.45, 7) is 7.33. The van der Waals surface area contributed by atoms with Crippen LogP contribution < -0.4 is 0 Å². The number of pyridine rings is 1. The highest BCUT2D eigenvalue weighted by Crippen LogP contribution is 2.39. The number of carbonyl (C=O) groups excluding carboxylic acids is 1. The number of aryl methyl sites for hydroxylation is 1. The SMILES string of the molecule is CCc1nc2ccc(C3CCN(CC(=O)N4CC(CO)C4)CC3)cn2c1-c1ccc(-c2nc(-c3ccc(F)cc3)c(C#N)s2)c(F)c1C. The Bertz CT molecular complexity index is 2040. The van der Waals surface area contributed by atoms with Crippen LogP contribution in [0.2, 0.25) is 0 Å². The van der Waals surface area contributed by atoms with Crippen molar-refractivity contribution >= 4 is 22.9 Å². The van der Waals surface area contributed by atoms with Gasteiger partial charge in [0.1, 0.15) is 33.2 Å². The summed E-state index contributed by atoms with van der Waals surface area (Å²) in [6.07, 6.45) is 4.68. The monoisotopic (exact) mass is 666 g/mol. The molecule has 2 aliphatic heterocycles. The van der Waals surface area contributed by atoms with Crippen molar-refractivity contribution in [3.63, 3.8) is 0 Å². The Morgan fingerprint density at radius 3 is 2.46 bits per heavy atom. The van der Waals surface area contributed by atoms with Gasteiger partial charge in [-0.2, -0.15) is 5.26 Å². The second-order valence-corrected chi connectivity index (χ2v) is 13.8. The predicted molar refractivity (Wildman–Crippen MR) is 181 cm³/mol. The van der Waals surface area contributed by atoms with Crippen LogP contribution in [0.1, 0.15) is 47.4 Å². The lowest BCUT2D eigenvalue weighted by Gasteiger charge is -2.40. The number of hydrogen-bond acceptors (Lipinski definition) is 7. The lowest BCUT2D eigenvalue weighted by Crippen LogP contribution is -2.54. The molecule has 0 bridgehead atoms. The number of aliphatic hydroxyl groups is 1. The highest BCUT2D eigenvalue weighted by Gasteiger charge is 2.32. The van der Waals surface area contributed by atoms with Gasteiger partial charge in [0.25, 0.3) is 0 Å². The first-order valence-electron chi connectivity index (χ1n) is 16.4. The van der Waals surface area contributed by atoms with E-state index in [0.717, 1.165) is 59.9 Å². The van der Waals surface area contributed by atoms with Gasteiger partial charge in [-0.3, -0.25) is 14.1 Å². The lowest BCUT2D eigenvalue weighted by atomic mass is 9.90. The van der Waals surface area contributed by atoms with Gasteiger partial charge < -0.3 is 10.0 Å². The minimum atomic E-state index is -0.406.